The molecule has 0 amide bonds. The number of hydrogen-bond acceptors (Lipinski definition) is 4. The van der Waals surface area contributed by atoms with E-state index in [2.05, 4.69) is 9.71 Å². The molecule has 0 unspecified atom stereocenters. The Morgan fingerprint density at radius 3 is 2.71 bits per heavy atom. The van der Waals surface area contributed by atoms with Crippen LogP contribution in [0.15, 0.2) is 29.4 Å². The highest BCUT2D eigenvalue weighted by atomic mass is 35.5. The standard InChI is InChI=1S/C13H13ClN4O2S/c1-3-18-8-13(16-9(18)2)21(19,20)17-12-5-4-10(7-15)6-11(12)14/h4-6,8,17H,3H2,1-2H3. The Morgan fingerprint density at radius 1 is 1.48 bits per heavy atom. The largest absolute Gasteiger partial charge is 0.334 e. The van der Waals surface area contributed by atoms with Crippen molar-refractivity contribution in [1.29, 1.82) is 5.26 Å². The topological polar surface area (TPSA) is 87.8 Å². The second-order valence-corrected chi connectivity index (χ2v) is 6.36. The summed E-state index contributed by atoms with van der Waals surface area (Å²) in [7, 11) is -3.82. The third kappa shape index (κ3) is 3.17. The molecule has 1 aromatic carbocycles. The molecule has 0 saturated carbocycles. The van der Waals surface area contributed by atoms with Gasteiger partial charge in [-0.3, -0.25) is 4.72 Å². The van der Waals surface area contributed by atoms with Crippen molar-refractivity contribution in [1.82, 2.24) is 9.55 Å². The number of halogens is 1. The quantitative estimate of drug-likeness (QED) is 0.936. The van der Waals surface area contributed by atoms with Crippen molar-refractivity contribution in [3.8, 4) is 6.07 Å². The van der Waals surface area contributed by atoms with E-state index in [1.807, 2.05) is 13.0 Å². The zero-order valence-corrected chi connectivity index (χ0v) is 13.0. The molecule has 0 bridgehead atoms. The number of aromatic nitrogens is 2. The predicted molar refractivity (Wildman–Crippen MR) is 79.6 cm³/mol. The van der Waals surface area contributed by atoms with Crippen molar-refractivity contribution in [2.75, 3.05) is 4.72 Å². The van der Waals surface area contributed by atoms with Gasteiger partial charge in [0, 0.05) is 12.7 Å². The molecule has 0 spiro atoms. The normalized spacial score (nSPS) is 11.1. The van der Waals surface area contributed by atoms with Gasteiger partial charge in [0.25, 0.3) is 10.0 Å². The fourth-order valence-corrected chi connectivity index (χ4v) is 3.17. The molecule has 0 atom stereocenters. The van der Waals surface area contributed by atoms with Gasteiger partial charge >= 0.3 is 0 Å². The van der Waals surface area contributed by atoms with Crippen molar-refractivity contribution in [2.24, 2.45) is 0 Å². The third-order valence-electron chi connectivity index (χ3n) is 2.91. The van der Waals surface area contributed by atoms with Gasteiger partial charge in [-0.1, -0.05) is 11.6 Å². The lowest BCUT2D eigenvalue weighted by atomic mass is 10.2. The molecule has 2 rings (SSSR count). The molecule has 0 aliphatic rings. The summed E-state index contributed by atoms with van der Waals surface area (Å²) in [5.41, 5.74) is 0.563. The lowest BCUT2D eigenvalue weighted by Crippen LogP contribution is -2.13. The van der Waals surface area contributed by atoms with Crippen LogP contribution in [0.2, 0.25) is 5.02 Å². The van der Waals surface area contributed by atoms with E-state index in [1.54, 1.807) is 11.5 Å². The monoisotopic (exact) mass is 324 g/mol. The molecule has 8 heteroatoms. The summed E-state index contributed by atoms with van der Waals surface area (Å²) >= 11 is 5.96. The maximum absolute atomic E-state index is 12.3. The summed E-state index contributed by atoms with van der Waals surface area (Å²) in [6.07, 6.45) is 1.47. The first-order valence-corrected chi connectivity index (χ1v) is 7.99. The van der Waals surface area contributed by atoms with Crippen LogP contribution in [0.1, 0.15) is 18.3 Å². The number of hydrogen-bond donors (Lipinski definition) is 1. The molecule has 1 heterocycles. The molecule has 2 aromatic rings. The fraction of sp³-hybridized carbons (Fsp3) is 0.231. The smallest absolute Gasteiger partial charge is 0.281 e. The molecule has 21 heavy (non-hydrogen) atoms. The first-order chi connectivity index (χ1) is 9.87. The Kier molecular flexibility index (Phi) is 4.21. The predicted octanol–water partition coefficient (Wildman–Crippen LogP) is 2.54. The maximum Gasteiger partial charge on any atom is 0.281 e. The average Bonchev–Trinajstić information content (AvgIpc) is 2.83. The molecule has 0 aliphatic carbocycles. The SMILES string of the molecule is CCn1cc(S(=O)(=O)Nc2ccc(C#N)cc2Cl)nc1C. The number of aryl methyl sites for hydroxylation is 2. The number of nitriles is 1. The second kappa shape index (κ2) is 5.76. The van der Waals surface area contributed by atoms with Crippen LogP contribution in [0.3, 0.4) is 0 Å². The van der Waals surface area contributed by atoms with Crippen molar-refractivity contribution in [3.63, 3.8) is 0 Å². The van der Waals surface area contributed by atoms with Crippen LogP contribution in [0.4, 0.5) is 5.69 Å². The molecule has 110 valence electrons. The van der Waals surface area contributed by atoms with E-state index < -0.39 is 10.0 Å². The molecule has 1 aromatic heterocycles. The molecule has 0 saturated heterocycles. The number of nitrogens with one attached hydrogen (secondary N) is 1. The summed E-state index contributed by atoms with van der Waals surface area (Å²) in [6, 6.07) is 6.26. The zero-order valence-electron chi connectivity index (χ0n) is 11.5. The summed E-state index contributed by atoms with van der Waals surface area (Å²) in [4.78, 5) is 4.03. The molecule has 1 N–H and O–H groups in total. The van der Waals surface area contributed by atoms with Crippen LogP contribution >= 0.6 is 11.6 Å². The van der Waals surface area contributed by atoms with E-state index in [0.717, 1.165) is 0 Å². The maximum atomic E-state index is 12.3. The average molecular weight is 325 g/mol. The lowest BCUT2D eigenvalue weighted by Gasteiger charge is -2.07. The Bertz CT molecular complexity index is 821. The fourth-order valence-electron chi connectivity index (χ4n) is 1.79. The Morgan fingerprint density at radius 2 is 2.19 bits per heavy atom. The van der Waals surface area contributed by atoms with Gasteiger partial charge < -0.3 is 4.57 Å². The van der Waals surface area contributed by atoms with Crippen LogP contribution < -0.4 is 4.72 Å². The highest BCUT2D eigenvalue weighted by Crippen LogP contribution is 2.25. The zero-order chi connectivity index (χ0) is 15.6. The highest BCUT2D eigenvalue weighted by molar-refractivity contribution is 7.92. The number of nitrogens with zero attached hydrogens (tertiary/aromatic N) is 3. The minimum absolute atomic E-state index is 0.0673. The number of benzene rings is 1. The lowest BCUT2D eigenvalue weighted by molar-refractivity contribution is 0.598. The summed E-state index contributed by atoms with van der Waals surface area (Å²) in [5, 5.41) is 8.85. The van der Waals surface area contributed by atoms with E-state index in [9.17, 15) is 8.42 Å². The van der Waals surface area contributed by atoms with Gasteiger partial charge in [-0.2, -0.15) is 13.7 Å². The van der Waals surface area contributed by atoms with Crippen LogP contribution in [-0.4, -0.2) is 18.0 Å². The van der Waals surface area contributed by atoms with Crippen molar-refractivity contribution in [3.05, 3.63) is 40.8 Å². The van der Waals surface area contributed by atoms with E-state index >= 15 is 0 Å². The van der Waals surface area contributed by atoms with Crippen molar-refractivity contribution in [2.45, 2.75) is 25.4 Å². The van der Waals surface area contributed by atoms with Gasteiger partial charge in [0.2, 0.25) is 0 Å². The highest BCUT2D eigenvalue weighted by Gasteiger charge is 2.20. The molecule has 0 fully saturated rings. The number of sulfonamides is 1. The first kappa shape index (κ1) is 15.4. The van der Waals surface area contributed by atoms with Gasteiger partial charge in [0.15, 0.2) is 5.03 Å². The van der Waals surface area contributed by atoms with E-state index in [-0.39, 0.29) is 15.7 Å². The van der Waals surface area contributed by atoms with Crippen LogP contribution in [0.5, 0.6) is 0 Å². The number of rotatable bonds is 4. The van der Waals surface area contributed by atoms with Crippen molar-refractivity contribution < 1.29 is 8.42 Å². The Balaban J connectivity index is 2.35. The van der Waals surface area contributed by atoms with E-state index in [0.29, 0.717) is 17.9 Å². The van der Waals surface area contributed by atoms with E-state index in [1.165, 1.54) is 24.4 Å². The Labute approximate surface area is 128 Å². The van der Waals surface area contributed by atoms with Crippen LogP contribution in [0.25, 0.3) is 0 Å². The van der Waals surface area contributed by atoms with Crippen molar-refractivity contribution >= 4 is 27.3 Å². The van der Waals surface area contributed by atoms with Gasteiger partial charge in [-0.15, -0.1) is 0 Å². The minimum atomic E-state index is -3.82. The number of anilines is 1. The number of imidazole rings is 1. The van der Waals surface area contributed by atoms with Crippen LogP contribution in [-0.2, 0) is 16.6 Å². The molecular formula is C13H13ClN4O2S. The minimum Gasteiger partial charge on any atom is -0.334 e. The van der Waals surface area contributed by atoms with E-state index in [4.69, 9.17) is 16.9 Å². The van der Waals surface area contributed by atoms with Gasteiger partial charge in [0.1, 0.15) is 5.82 Å². The Hall–Kier alpha value is -2.04. The molecule has 0 aliphatic heterocycles. The molecular weight excluding hydrogens is 312 g/mol. The third-order valence-corrected chi connectivity index (χ3v) is 4.46. The summed E-state index contributed by atoms with van der Waals surface area (Å²) in [5.74, 6) is 0.615. The molecule has 0 radical (unpaired) electrons. The van der Waals surface area contributed by atoms with Gasteiger partial charge in [0.05, 0.1) is 22.3 Å². The summed E-state index contributed by atoms with van der Waals surface area (Å²) < 4.78 is 28.7. The second-order valence-electron chi connectivity index (χ2n) is 4.32. The molecule has 6 nitrogen and oxygen atoms in total. The van der Waals surface area contributed by atoms with Gasteiger partial charge in [-0.05, 0) is 32.0 Å². The summed E-state index contributed by atoms with van der Waals surface area (Å²) in [6.45, 7) is 4.26. The first-order valence-electron chi connectivity index (χ1n) is 6.13. The van der Waals surface area contributed by atoms with Gasteiger partial charge in [-0.25, -0.2) is 4.98 Å². The van der Waals surface area contributed by atoms with Crippen LogP contribution in [0, 0.1) is 18.3 Å².